The van der Waals surface area contributed by atoms with E-state index in [1.54, 1.807) is 30.5 Å². The second-order valence-corrected chi connectivity index (χ2v) is 7.27. The molecule has 0 saturated heterocycles. The quantitative estimate of drug-likeness (QED) is 0.545. The predicted molar refractivity (Wildman–Crippen MR) is 98.9 cm³/mol. The zero-order valence-electron chi connectivity index (χ0n) is 14.3. The Morgan fingerprint density at radius 1 is 1.19 bits per heavy atom. The highest BCUT2D eigenvalue weighted by molar-refractivity contribution is 7.99. The maximum Gasteiger partial charge on any atom is 0.198 e. The number of aromatic amines is 1. The molecule has 5 rings (SSSR count). The number of nitrogens with one attached hydrogen (secondary N) is 1. The summed E-state index contributed by atoms with van der Waals surface area (Å²) in [5, 5.41) is 11.8. The van der Waals surface area contributed by atoms with Crippen molar-refractivity contribution in [3.05, 3.63) is 42.6 Å². The Labute approximate surface area is 154 Å². The van der Waals surface area contributed by atoms with Crippen LogP contribution in [0.2, 0.25) is 0 Å². The van der Waals surface area contributed by atoms with Gasteiger partial charge in [0.25, 0.3) is 0 Å². The summed E-state index contributed by atoms with van der Waals surface area (Å²) in [6, 6.07) is 4.41. The molecule has 0 atom stereocenters. The van der Waals surface area contributed by atoms with Crippen molar-refractivity contribution in [3.8, 4) is 11.4 Å². The first-order valence-electron chi connectivity index (χ1n) is 8.69. The molecule has 0 spiro atoms. The summed E-state index contributed by atoms with van der Waals surface area (Å²) in [4.78, 5) is 16.2. The molecule has 1 aliphatic carbocycles. The van der Waals surface area contributed by atoms with Gasteiger partial charge in [0.05, 0.1) is 5.39 Å². The van der Waals surface area contributed by atoms with Crippen LogP contribution in [0.1, 0.15) is 31.4 Å². The molecular weight excluding hydrogens is 346 g/mol. The van der Waals surface area contributed by atoms with E-state index < -0.39 is 0 Å². The molecule has 0 amide bonds. The summed E-state index contributed by atoms with van der Waals surface area (Å²) in [5.41, 5.74) is 3.12. The first kappa shape index (κ1) is 15.5. The van der Waals surface area contributed by atoms with Crippen LogP contribution >= 0.6 is 11.8 Å². The molecule has 7 nitrogen and oxygen atoms in total. The van der Waals surface area contributed by atoms with Gasteiger partial charge in [-0.25, -0.2) is 9.97 Å². The van der Waals surface area contributed by atoms with E-state index >= 15 is 0 Å². The van der Waals surface area contributed by atoms with E-state index in [0.717, 1.165) is 51.9 Å². The Hall–Kier alpha value is -2.74. The molecule has 4 aromatic heterocycles. The third-order valence-electron chi connectivity index (χ3n) is 4.60. The van der Waals surface area contributed by atoms with Gasteiger partial charge < -0.3 is 4.98 Å². The lowest BCUT2D eigenvalue weighted by molar-refractivity contribution is 0.669. The summed E-state index contributed by atoms with van der Waals surface area (Å²) >= 11 is 1.56. The minimum absolute atomic E-state index is 0.463. The van der Waals surface area contributed by atoms with Crippen molar-refractivity contribution in [3.63, 3.8) is 0 Å². The monoisotopic (exact) mass is 363 g/mol. The van der Waals surface area contributed by atoms with E-state index in [2.05, 4.69) is 41.6 Å². The van der Waals surface area contributed by atoms with Gasteiger partial charge in [-0.3, -0.25) is 9.55 Å². The van der Waals surface area contributed by atoms with Gasteiger partial charge in [-0.05, 0) is 48.7 Å². The molecule has 26 heavy (non-hydrogen) atoms. The Morgan fingerprint density at radius 2 is 2.04 bits per heavy atom. The lowest BCUT2D eigenvalue weighted by Gasteiger charge is -2.09. The molecule has 1 fully saturated rings. The summed E-state index contributed by atoms with van der Waals surface area (Å²) in [6.07, 6.45) is 10.4. The molecule has 0 radical (unpaired) electrons. The van der Waals surface area contributed by atoms with Crippen molar-refractivity contribution >= 4 is 22.8 Å². The molecule has 0 unspecified atom stereocenters. The zero-order chi connectivity index (χ0) is 17.5. The molecule has 4 aromatic rings. The van der Waals surface area contributed by atoms with Crippen LogP contribution in [0.15, 0.2) is 47.2 Å². The molecule has 0 aromatic carbocycles. The maximum atomic E-state index is 4.53. The molecular formula is C18H17N7S. The van der Waals surface area contributed by atoms with E-state index in [0.29, 0.717) is 6.04 Å². The molecule has 0 bridgehead atoms. The van der Waals surface area contributed by atoms with Crippen LogP contribution in [-0.4, -0.2) is 34.7 Å². The fraction of sp³-hybridized carbons (Fsp3) is 0.278. The fourth-order valence-electron chi connectivity index (χ4n) is 3.14. The van der Waals surface area contributed by atoms with E-state index in [1.165, 1.54) is 5.56 Å². The lowest BCUT2D eigenvalue weighted by atomic mass is 10.2. The standard InChI is InChI=1S/C18H17N7S/c1-2-11-9-20-15-14(11)17(22-10-21-15)26-18-24-23-16(25(18)13-3-4-13)12-5-7-19-8-6-12/h5-10,13H,2-4H2,1H3,(H,20,21,22). The number of H-pyrrole nitrogens is 1. The molecule has 0 aliphatic heterocycles. The normalized spacial score (nSPS) is 14.2. The first-order valence-corrected chi connectivity index (χ1v) is 9.51. The third-order valence-corrected chi connectivity index (χ3v) is 5.56. The minimum Gasteiger partial charge on any atom is -0.346 e. The topological polar surface area (TPSA) is 85.2 Å². The smallest absolute Gasteiger partial charge is 0.198 e. The van der Waals surface area contributed by atoms with Gasteiger partial charge in [-0.2, -0.15) is 0 Å². The SMILES string of the molecule is CCc1c[nH]c2ncnc(Sc3nnc(-c4ccncc4)n3C3CC3)c12. The number of hydrogen-bond acceptors (Lipinski definition) is 6. The zero-order valence-corrected chi connectivity index (χ0v) is 15.1. The number of nitrogens with zero attached hydrogens (tertiary/aromatic N) is 6. The van der Waals surface area contributed by atoms with Gasteiger partial charge >= 0.3 is 0 Å². The van der Waals surface area contributed by atoms with Crippen LogP contribution in [0.4, 0.5) is 0 Å². The first-order chi connectivity index (χ1) is 12.8. The lowest BCUT2D eigenvalue weighted by Crippen LogP contribution is -2.00. The average molecular weight is 363 g/mol. The molecule has 1 N–H and O–H groups in total. The van der Waals surface area contributed by atoms with Gasteiger partial charge in [-0.15, -0.1) is 10.2 Å². The van der Waals surface area contributed by atoms with Crippen LogP contribution in [0.5, 0.6) is 0 Å². The van der Waals surface area contributed by atoms with Gasteiger partial charge in [-0.1, -0.05) is 6.92 Å². The molecule has 130 valence electrons. The molecule has 1 saturated carbocycles. The fourth-order valence-corrected chi connectivity index (χ4v) is 4.16. The van der Waals surface area contributed by atoms with E-state index in [-0.39, 0.29) is 0 Å². The Kier molecular flexibility index (Phi) is 3.70. The van der Waals surface area contributed by atoms with E-state index in [4.69, 9.17) is 0 Å². The van der Waals surface area contributed by atoms with Crippen molar-refractivity contribution in [2.75, 3.05) is 0 Å². The van der Waals surface area contributed by atoms with Crippen LogP contribution in [0, 0.1) is 0 Å². The van der Waals surface area contributed by atoms with E-state index in [1.807, 2.05) is 18.3 Å². The molecule has 1 aliphatic rings. The van der Waals surface area contributed by atoms with Crippen LogP contribution < -0.4 is 0 Å². The van der Waals surface area contributed by atoms with Crippen molar-refractivity contribution < 1.29 is 0 Å². The van der Waals surface area contributed by atoms with Gasteiger partial charge in [0, 0.05) is 30.2 Å². The van der Waals surface area contributed by atoms with Gasteiger partial charge in [0.2, 0.25) is 0 Å². The Balaban J connectivity index is 1.60. The highest BCUT2D eigenvalue weighted by atomic mass is 32.2. The summed E-state index contributed by atoms with van der Waals surface area (Å²) < 4.78 is 2.24. The Bertz CT molecular complexity index is 1070. The van der Waals surface area contributed by atoms with Crippen molar-refractivity contribution in [2.45, 2.75) is 42.4 Å². The van der Waals surface area contributed by atoms with Crippen molar-refractivity contribution in [2.24, 2.45) is 0 Å². The van der Waals surface area contributed by atoms with Gasteiger partial charge in [0.15, 0.2) is 11.0 Å². The maximum absolute atomic E-state index is 4.53. The number of pyridine rings is 1. The highest BCUT2D eigenvalue weighted by Gasteiger charge is 2.30. The number of fused-ring (bicyclic) bond motifs is 1. The second kappa shape index (κ2) is 6.21. The minimum atomic E-state index is 0.463. The number of hydrogen-bond donors (Lipinski definition) is 1. The van der Waals surface area contributed by atoms with Crippen molar-refractivity contribution in [1.29, 1.82) is 0 Å². The van der Waals surface area contributed by atoms with Crippen LogP contribution in [0.3, 0.4) is 0 Å². The molecule has 8 heteroatoms. The number of aryl methyl sites for hydroxylation is 1. The number of rotatable bonds is 5. The average Bonchev–Trinajstić information content (AvgIpc) is 3.29. The van der Waals surface area contributed by atoms with Crippen LogP contribution in [0.25, 0.3) is 22.4 Å². The predicted octanol–water partition coefficient (Wildman–Crippen LogP) is 3.66. The Morgan fingerprint density at radius 3 is 2.81 bits per heavy atom. The van der Waals surface area contributed by atoms with Crippen LogP contribution in [-0.2, 0) is 6.42 Å². The third kappa shape index (κ3) is 2.57. The summed E-state index contributed by atoms with van der Waals surface area (Å²) in [5.74, 6) is 0.896. The van der Waals surface area contributed by atoms with E-state index in [9.17, 15) is 0 Å². The summed E-state index contributed by atoms with van der Waals surface area (Å²) in [7, 11) is 0. The second-order valence-electron chi connectivity index (χ2n) is 6.32. The highest BCUT2D eigenvalue weighted by Crippen LogP contribution is 2.43. The summed E-state index contributed by atoms with van der Waals surface area (Å²) in [6.45, 7) is 2.14. The largest absolute Gasteiger partial charge is 0.346 e. The number of aromatic nitrogens is 7. The van der Waals surface area contributed by atoms with Gasteiger partial charge in [0.1, 0.15) is 17.0 Å². The van der Waals surface area contributed by atoms with Crippen molar-refractivity contribution in [1.82, 2.24) is 34.7 Å². The molecule has 4 heterocycles.